The summed E-state index contributed by atoms with van der Waals surface area (Å²) >= 11 is 1.06. The second kappa shape index (κ2) is 5.55. The number of benzene rings is 1. The number of hydrogen-bond acceptors (Lipinski definition) is 6. The molecule has 2 rings (SSSR count). The van der Waals surface area contributed by atoms with Crippen LogP contribution < -0.4 is 4.72 Å². The molecule has 1 aromatic carbocycles. The maximum Gasteiger partial charge on any atom is 0.337 e. The molecule has 2 aromatic rings. The van der Waals surface area contributed by atoms with Gasteiger partial charge in [0, 0.05) is 11.6 Å². The van der Waals surface area contributed by atoms with E-state index in [1.807, 2.05) is 0 Å². The van der Waals surface area contributed by atoms with Gasteiger partial charge in [0.25, 0.3) is 10.0 Å². The second-order valence-corrected chi connectivity index (χ2v) is 6.12. The maximum absolute atomic E-state index is 13.8. The summed E-state index contributed by atoms with van der Waals surface area (Å²) in [5, 5.41) is 1.70. The Morgan fingerprint density at radius 3 is 2.75 bits per heavy atom. The first-order valence-corrected chi connectivity index (χ1v) is 7.60. The van der Waals surface area contributed by atoms with Crippen molar-refractivity contribution in [1.82, 2.24) is 4.98 Å². The summed E-state index contributed by atoms with van der Waals surface area (Å²) in [6.45, 7) is 0. The first kappa shape index (κ1) is 14.4. The number of sulfonamides is 1. The molecule has 0 amide bonds. The van der Waals surface area contributed by atoms with Crippen LogP contribution in [0.4, 0.5) is 9.52 Å². The Morgan fingerprint density at radius 2 is 2.20 bits per heavy atom. The molecule has 0 unspecified atom stereocenters. The second-order valence-electron chi connectivity index (χ2n) is 3.58. The molecular formula is C11H9FN2O4S2. The number of halogens is 1. The first-order chi connectivity index (χ1) is 9.44. The summed E-state index contributed by atoms with van der Waals surface area (Å²) in [6, 6.07) is 2.98. The number of ether oxygens (including phenoxy) is 1. The van der Waals surface area contributed by atoms with Gasteiger partial charge in [0.15, 0.2) is 5.13 Å². The Hall–Kier alpha value is -2.00. The summed E-state index contributed by atoms with van der Waals surface area (Å²) in [5.74, 6) is -1.79. The molecule has 0 fully saturated rings. The van der Waals surface area contributed by atoms with Gasteiger partial charge < -0.3 is 4.74 Å². The number of esters is 1. The van der Waals surface area contributed by atoms with Crippen LogP contribution in [-0.2, 0) is 14.8 Å². The topological polar surface area (TPSA) is 85.4 Å². The molecule has 0 aliphatic heterocycles. The van der Waals surface area contributed by atoms with Crippen molar-refractivity contribution in [3.05, 3.63) is 41.2 Å². The minimum Gasteiger partial charge on any atom is -0.465 e. The summed E-state index contributed by atoms with van der Waals surface area (Å²) in [5.41, 5.74) is -0.0711. The predicted molar refractivity (Wildman–Crippen MR) is 70.7 cm³/mol. The maximum atomic E-state index is 13.8. The van der Waals surface area contributed by atoms with Crippen LogP contribution in [0.2, 0.25) is 0 Å². The SMILES string of the molecule is COC(=O)c1ccc(S(=O)(=O)Nc2nccs2)c(F)c1. The Balaban J connectivity index is 2.35. The highest BCUT2D eigenvalue weighted by Crippen LogP contribution is 2.21. The lowest BCUT2D eigenvalue weighted by atomic mass is 10.2. The minimum atomic E-state index is -4.09. The highest BCUT2D eigenvalue weighted by atomic mass is 32.2. The lowest BCUT2D eigenvalue weighted by molar-refractivity contribution is 0.0600. The zero-order valence-corrected chi connectivity index (χ0v) is 11.8. The normalized spacial score (nSPS) is 11.1. The van der Waals surface area contributed by atoms with Crippen molar-refractivity contribution < 1.29 is 22.3 Å². The third-order valence-electron chi connectivity index (χ3n) is 2.30. The Kier molecular flexibility index (Phi) is 4.00. The number of thiazole rings is 1. The van der Waals surface area contributed by atoms with Crippen LogP contribution in [-0.4, -0.2) is 26.5 Å². The van der Waals surface area contributed by atoms with Gasteiger partial charge in [0.05, 0.1) is 12.7 Å². The largest absolute Gasteiger partial charge is 0.465 e. The summed E-state index contributed by atoms with van der Waals surface area (Å²) < 4.78 is 44.3. The first-order valence-electron chi connectivity index (χ1n) is 5.24. The molecule has 1 N–H and O–H groups in total. The van der Waals surface area contributed by atoms with Gasteiger partial charge in [-0.15, -0.1) is 11.3 Å². The van der Waals surface area contributed by atoms with Gasteiger partial charge in [0.1, 0.15) is 10.7 Å². The van der Waals surface area contributed by atoms with Crippen LogP contribution in [0, 0.1) is 5.82 Å². The molecule has 9 heteroatoms. The summed E-state index contributed by atoms with van der Waals surface area (Å²) in [4.78, 5) is 14.4. The fourth-order valence-corrected chi connectivity index (χ4v) is 3.26. The number of nitrogens with zero attached hydrogens (tertiary/aromatic N) is 1. The number of anilines is 1. The number of carbonyl (C=O) groups is 1. The lowest BCUT2D eigenvalue weighted by Gasteiger charge is -2.07. The lowest BCUT2D eigenvalue weighted by Crippen LogP contribution is -2.15. The van der Waals surface area contributed by atoms with Gasteiger partial charge in [-0.3, -0.25) is 4.72 Å². The van der Waals surface area contributed by atoms with Crippen molar-refractivity contribution in [2.24, 2.45) is 0 Å². The van der Waals surface area contributed by atoms with E-state index in [2.05, 4.69) is 14.4 Å². The molecule has 106 valence electrons. The van der Waals surface area contributed by atoms with Crippen LogP contribution in [0.25, 0.3) is 0 Å². The molecule has 1 heterocycles. The fraction of sp³-hybridized carbons (Fsp3) is 0.0909. The van der Waals surface area contributed by atoms with E-state index in [1.165, 1.54) is 12.3 Å². The van der Waals surface area contributed by atoms with Crippen molar-refractivity contribution in [1.29, 1.82) is 0 Å². The molecule has 20 heavy (non-hydrogen) atoms. The number of nitrogens with one attached hydrogen (secondary N) is 1. The van der Waals surface area contributed by atoms with Crippen LogP contribution in [0.3, 0.4) is 0 Å². The number of aromatic nitrogens is 1. The third kappa shape index (κ3) is 2.94. The minimum absolute atomic E-state index is 0.0711. The van der Waals surface area contributed by atoms with Gasteiger partial charge in [0.2, 0.25) is 0 Å². The monoisotopic (exact) mass is 316 g/mol. The summed E-state index contributed by atoms with van der Waals surface area (Å²) in [6.07, 6.45) is 1.42. The van der Waals surface area contributed by atoms with E-state index in [-0.39, 0.29) is 10.7 Å². The Morgan fingerprint density at radius 1 is 1.45 bits per heavy atom. The van der Waals surface area contributed by atoms with Crippen LogP contribution in [0.15, 0.2) is 34.7 Å². The molecular weight excluding hydrogens is 307 g/mol. The van der Waals surface area contributed by atoms with E-state index in [0.717, 1.165) is 30.6 Å². The zero-order chi connectivity index (χ0) is 14.8. The van der Waals surface area contributed by atoms with Crippen molar-refractivity contribution in [2.75, 3.05) is 11.8 Å². The smallest absolute Gasteiger partial charge is 0.337 e. The average molecular weight is 316 g/mol. The van der Waals surface area contributed by atoms with Crippen LogP contribution in [0.5, 0.6) is 0 Å². The van der Waals surface area contributed by atoms with E-state index in [1.54, 1.807) is 5.38 Å². The van der Waals surface area contributed by atoms with Gasteiger partial charge in [-0.05, 0) is 18.2 Å². The zero-order valence-electron chi connectivity index (χ0n) is 10.2. The van der Waals surface area contributed by atoms with E-state index in [9.17, 15) is 17.6 Å². The third-order valence-corrected chi connectivity index (χ3v) is 4.49. The van der Waals surface area contributed by atoms with Crippen molar-refractivity contribution in [2.45, 2.75) is 4.90 Å². The van der Waals surface area contributed by atoms with Crippen molar-refractivity contribution in [3.63, 3.8) is 0 Å². The standard InChI is InChI=1S/C11H9FN2O4S2/c1-18-10(15)7-2-3-9(8(12)6-7)20(16,17)14-11-13-4-5-19-11/h2-6H,1H3,(H,13,14). The van der Waals surface area contributed by atoms with Gasteiger partial charge in [-0.25, -0.2) is 22.6 Å². The average Bonchev–Trinajstić information content (AvgIpc) is 2.89. The van der Waals surface area contributed by atoms with E-state index in [4.69, 9.17) is 0 Å². The molecule has 0 aliphatic carbocycles. The Labute approximate surface area is 118 Å². The molecule has 0 bridgehead atoms. The van der Waals surface area contributed by atoms with Gasteiger partial charge in [-0.2, -0.15) is 0 Å². The van der Waals surface area contributed by atoms with Crippen LogP contribution >= 0.6 is 11.3 Å². The number of methoxy groups -OCH3 is 1. The van der Waals surface area contributed by atoms with E-state index < -0.39 is 26.7 Å². The van der Waals surface area contributed by atoms with Crippen molar-refractivity contribution >= 4 is 32.5 Å². The number of hydrogen-bond donors (Lipinski definition) is 1. The fourth-order valence-electron chi connectivity index (χ4n) is 1.41. The molecule has 0 atom stereocenters. The van der Waals surface area contributed by atoms with E-state index in [0.29, 0.717) is 0 Å². The van der Waals surface area contributed by atoms with E-state index >= 15 is 0 Å². The molecule has 0 saturated heterocycles. The van der Waals surface area contributed by atoms with Crippen LogP contribution in [0.1, 0.15) is 10.4 Å². The quantitative estimate of drug-likeness (QED) is 0.870. The highest BCUT2D eigenvalue weighted by Gasteiger charge is 2.21. The molecule has 0 saturated carbocycles. The molecule has 1 aromatic heterocycles. The summed E-state index contributed by atoms with van der Waals surface area (Å²) in [7, 11) is -2.94. The number of rotatable bonds is 4. The molecule has 0 aliphatic rings. The molecule has 6 nitrogen and oxygen atoms in total. The molecule has 0 radical (unpaired) electrons. The number of carbonyl (C=O) groups excluding carboxylic acids is 1. The van der Waals surface area contributed by atoms with Gasteiger partial charge >= 0.3 is 5.97 Å². The van der Waals surface area contributed by atoms with Gasteiger partial charge in [-0.1, -0.05) is 0 Å². The highest BCUT2D eigenvalue weighted by molar-refractivity contribution is 7.93. The van der Waals surface area contributed by atoms with Crippen molar-refractivity contribution in [3.8, 4) is 0 Å². The molecule has 0 spiro atoms. The Bertz CT molecular complexity index is 729. The predicted octanol–water partition coefficient (Wildman–Crippen LogP) is 1.87.